The lowest BCUT2D eigenvalue weighted by Crippen LogP contribution is -2.65. The number of carbonyl (C=O) groups is 1. The highest BCUT2D eigenvalue weighted by Gasteiger charge is 2.52. The summed E-state index contributed by atoms with van der Waals surface area (Å²) in [6, 6.07) is 4.55. The molecule has 2 aromatic rings. The number of carbonyl (C=O) groups excluding carboxylic acids is 1. The van der Waals surface area contributed by atoms with Gasteiger partial charge >= 0.3 is 0 Å². The van der Waals surface area contributed by atoms with Gasteiger partial charge < -0.3 is 89.3 Å². The van der Waals surface area contributed by atoms with E-state index in [4.69, 9.17) is 33.2 Å². The molecule has 2 aromatic carbocycles. The number of ether oxygens (including phenoxy) is 7. The second-order valence-electron chi connectivity index (χ2n) is 12.7. The number of aliphatic hydroxyl groups excluding tert-OH is 10. The summed E-state index contributed by atoms with van der Waals surface area (Å²) in [5, 5.41) is 116. The summed E-state index contributed by atoms with van der Waals surface area (Å²) in [6.45, 7) is 0.627. The predicted molar refractivity (Wildman–Crippen MR) is 167 cm³/mol. The van der Waals surface area contributed by atoms with Crippen LogP contribution in [0.1, 0.15) is 22.8 Å². The molecule has 0 unspecified atom stereocenters. The van der Waals surface area contributed by atoms with Crippen molar-refractivity contribution in [1.82, 2.24) is 0 Å². The molecule has 0 bridgehead atoms. The van der Waals surface area contributed by atoms with Gasteiger partial charge in [-0.1, -0.05) is 6.07 Å². The average molecular weight is 733 g/mol. The van der Waals surface area contributed by atoms with Crippen LogP contribution in [0, 0.1) is 6.92 Å². The van der Waals surface area contributed by atoms with Crippen molar-refractivity contribution in [3.63, 3.8) is 0 Å². The standard InChI is InChI=1S/C32H44O19/c1-10-4-12-5-13(45-3)6-14(19(12)23(39)18(10)11(2)35)47-31-26(42)25(41)21(37)17(50-31)9-46-30-28(44)29(22(38)16(8-34)48-30)51-32-27(43)24(40)20(36)15(7-33)49-32/h4-6,15-17,20-22,24-34,36-44H,7-9H2,1-3H3/t15-,16-,17-,20-,21-,22-,24-,25+,26-,27-,28-,29-,30-,31-,32+/m1/s1. The van der Waals surface area contributed by atoms with Crippen LogP contribution in [-0.4, -0.2) is 181 Å². The predicted octanol–water partition coefficient (Wildman–Crippen LogP) is -4.11. The minimum atomic E-state index is -1.90. The third kappa shape index (κ3) is 7.65. The molecule has 3 saturated heterocycles. The maximum Gasteiger partial charge on any atom is 0.229 e. The summed E-state index contributed by atoms with van der Waals surface area (Å²) in [6.07, 6.45) is -25.9. The van der Waals surface area contributed by atoms with Crippen molar-refractivity contribution >= 4 is 16.6 Å². The van der Waals surface area contributed by atoms with Gasteiger partial charge in [0.1, 0.15) is 90.5 Å². The molecule has 11 N–H and O–H groups in total. The Kier molecular flexibility index (Phi) is 12.4. The molecule has 0 radical (unpaired) electrons. The van der Waals surface area contributed by atoms with Crippen LogP contribution < -0.4 is 9.47 Å². The lowest BCUT2D eigenvalue weighted by molar-refractivity contribution is -0.364. The Morgan fingerprint density at radius 1 is 0.725 bits per heavy atom. The minimum absolute atomic E-state index is 0.0236. The number of hydrogen-bond donors (Lipinski definition) is 11. The molecule has 15 atom stereocenters. The first-order chi connectivity index (χ1) is 24.1. The van der Waals surface area contributed by atoms with E-state index in [2.05, 4.69) is 0 Å². The number of ketones is 1. The zero-order chi connectivity index (χ0) is 37.5. The summed E-state index contributed by atoms with van der Waals surface area (Å²) < 4.78 is 39.0. The van der Waals surface area contributed by atoms with Gasteiger partial charge in [-0.15, -0.1) is 0 Å². The average Bonchev–Trinajstić information content (AvgIpc) is 3.09. The summed E-state index contributed by atoms with van der Waals surface area (Å²) in [5.74, 6) is -0.689. The lowest BCUT2D eigenvalue weighted by atomic mass is 9.96. The van der Waals surface area contributed by atoms with Crippen LogP contribution in [0.25, 0.3) is 10.8 Å². The topological polar surface area (TPSA) is 304 Å². The first-order valence-corrected chi connectivity index (χ1v) is 16.0. The molecular weight excluding hydrogens is 688 g/mol. The number of aryl methyl sites for hydroxylation is 1. The smallest absolute Gasteiger partial charge is 0.229 e. The fourth-order valence-electron chi connectivity index (χ4n) is 6.40. The highest BCUT2D eigenvalue weighted by molar-refractivity contribution is 6.07. The van der Waals surface area contributed by atoms with Gasteiger partial charge in [0.25, 0.3) is 0 Å². The molecule has 3 aliphatic rings. The highest BCUT2D eigenvalue weighted by Crippen LogP contribution is 2.42. The van der Waals surface area contributed by atoms with Gasteiger partial charge in [-0.3, -0.25) is 4.79 Å². The van der Waals surface area contributed by atoms with E-state index < -0.39 is 123 Å². The number of aromatic hydroxyl groups is 1. The molecule has 0 spiro atoms. The molecule has 3 fully saturated rings. The number of benzene rings is 2. The normalized spacial score (nSPS) is 38.8. The van der Waals surface area contributed by atoms with E-state index in [1.54, 1.807) is 19.1 Å². The second-order valence-corrected chi connectivity index (χ2v) is 12.7. The molecule has 3 aliphatic heterocycles. The van der Waals surface area contributed by atoms with Gasteiger partial charge in [0.15, 0.2) is 18.4 Å². The Labute approximate surface area is 290 Å². The summed E-state index contributed by atoms with van der Waals surface area (Å²) >= 11 is 0. The quantitative estimate of drug-likeness (QED) is 0.0978. The van der Waals surface area contributed by atoms with Gasteiger partial charge in [0.2, 0.25) is 6.29 Å². The number of Topliss-reactive ketones (excluding diaryl/α,β-unsaturated/α-hetero) is 1. The molecule has 0 aliphatic carbocycles. The van der Waals surface area contributed by atoms with Gasteiger partial charge in [-0.05, 0) is 30.9 Å². The molecule has 0 saturated carbocycles. The largest absolute Gasteiger partial charge is 0.506 e. The van der Waals surface area contributed by atoms with Crippen molar-refractivity contribution in [3.8, 4) is 17.2 Å². The minimum Gasteiger partial charge on any atom is -0.506 e. The molecule has 0 aromatic heterocycles. The number of phenols is 1. The summed E-state index contributed by atoms with van der Waals surface area (Å²) in [5.41, 5.74) is 0.496. The Morgan fingerprint density at radius 3 is 1.90 bits per heavy atom. The van der Waals surface area contributed by atoms with Crippen LogP contribution in [0.15, 0.2) is 18.2 Å². The van der Waals surface area contributed by atoms with Crippen molar-refractivity contribution < 1.29 is 94.1 Å². The van der Waals surface area contributed by atoms with Crippen molar-refractivity contribution in [2.24, 2.45) is 0 Å². The molecular formula is C32H44O19. The molecule has 0 amide bonds. The van der Waals surface area contributed by atoms with Crippen molar-refractivity contribution in [2.75, 3.05) is 26.9 Å². The van der Waals surface area contributed by atoms with Gasteiger partial charge in [0, 0.05) is 6.07 Å². The molecule has 5 rings (SSSR count). The third-order valence-corrected chi connectivity index (χ3v) is 9.23. The van der Waals surface area contributed by atoms with E-state index >= 15 is 0 Å². The van der Waals surface area contributed by atoms with Crippen LogP contribution in [0.2, 0.25) is 0 Å². The van der Waals surface area contributed by atoms with E-state index in [9.17, 15) is 61.0 Å². The molecule has 3 heterocycles. The van der Waals surface area contributed by atoms with E-state index in [1.807, 2.05) is 0 Å². The fourth-order valence-corrected chi connectivity index (χ4v) is 6.40. The Hall–Kier alpha value is -2.83. The summed E-state index contributed by atoms with van der Waals surface area (Å²) in [4.78, 5) is 12.3. The molecule has 51 heavy (non-hydrogen) atoms. The van der Waals surface area contributed by atoms with Crippen LogP contribution in [-0.2, 0) is 23.7 Å². The third-order valence-electron chi connectivity index (χ3n) is 9.23. The van der Waals surface area contributed by atoms with Gasteiger partial charge in [0.05, 0.1) is 37.9 Å². The Bertz CT molecular complexity index is 1520. The number of rotatable bonds is 11. The van der Waals surface area contributed by atoms with Crippen molar-refractivity contribution in [1.29, 1.82) is 0 Å². The van der Waals surface area contributed by atoms with E-state index in [0.29, 0.717) is 10.9 Å². The number of phenolic OH excluding ortho intramolecular Hbond substituents is 1. The van der Waals surface area contributed by atoms with Crippen LogP contribution in [0.5, 0.6) is 17.2 Å². The van der Waals surface area contributed by atoms with Gasteiger partial charge in [-0.2, -0.15) is 0 Å². The maximum absolute atomic E-state index is 12.3. The lowest BCUT2D eigenvalue weighted by Gasteiger charge is -2.46. The van der Waals surface area contributed by atoms with Crippen molar-refractivity contribution in [2.45, 2.75) is 106 Å². The first-order valence-electron chi connectivity index (χ1n) is 16.0. The molecule has 19 heteroatoms. The van der Waals surface area contributed by atoms with E-state index in [-0.39, 0.29) is 22.4 Å². The summed E-state index contributed by atoms with van der Waals surface area (Å²) in [7, 11) is 1.38. The molecule has 19 nitrogen and oxygen atoms in total. The van der Waals surface area contributed by atoms with Crippen molar-refractivity contribution in [3.05, 3.63) is 29.3 Å². The van der Waals surface area contributed by atoms with E-state index in [0.717, 1.165) is 0 Å². The van der Waals surface area contributed by atoms with Crippen LogP contribution in [0.3, 0.4) is 0 Å². The second kappa shape index (κ2) is 16.0. The zero-order valence-electron chi connectivity index (χ0n) is 27.7. The Balaban J connectivity index is 1.35. The Morgan fingerprint density at radius 2 is 1.29 bits per heavy atom. The highest BCUT2D eigenvalue weighted by atomic mass is 16.7. The van der Waals surface area contributed by atoms with Crippen LogP contribution in [0.4, 0.5) is 0 Å². The maximum atomic E-state index is 12.3. The monoisotopic (exact) mass is 732 g/mol. The SMILES string of the molecule is COc1cc(O[C@@H]2O[C@H](CO[C@@H]3O[C@H](CO)[C@@H](O)[C@@H](O[C@@H]4O[C@H](CO)[C@@H](O)[C@@H](O)[C@H]4O)[C@H]3O)[C@@H](O)[C@H](O)[C@H]2O)c2c(O)c(C(C)=O)c(C)cc2c1. The number of aliphatic hydroxyl groups is 10. The van der Waals surface area contributed by atoms with Gasteiger partial charge in [-0.25, -0.2) is 0 Å². The fraction of sp³-hybridized carbons (Fsp3) is 0.656. The first kappa shape index (κ1) is 39.4. The number of hydrogen-bond acceptors (Lipinski definition) is 19. The number of fused-ring (bicyclic) bond motifs is 1. The van der Waals surface area contributed by atoms with Crippen LogP contribution >= 0.6 is 0 Å². The zero-order valence-corrected chi connectivity index (χ0v) is 27.7. The van der Waals surface area contributed by atoms with E-state index in [1.165, 1.54) is 20.1 Å². The number of methoxy groups -OCH3 is 1. The molecule has 286 valence electrons.